The molecule has 5 rings (SSSR count). The molecule has 0 spiro atoms. The first-order chi connectivity index (χ1) is 15.8. The van der Waals surface area contributed by atoms with E-state index in [-0.39, 0.29) is 17.1 Å². The van der Waals surface area contributed by atoms with Gasteiger partial charge in [0.15, 0.2) is 5.65 Å². The fraction of sp³-hybridized carbons (Fsp3) is 0.269. The first kappa shape index (κ1) is 20.8. The van der Waals surface area contributed by atoms with E-state index in [1.54, 1.807) is 11.8 Å². The zero-order valence-electron chi connectivity index (χ0n) is 17.9. The van der Waals surface area contributed by atoms with Gasteiger partial charge in [-0.05, 0) is 36.1 Å². The second kappa shape index (κ2) is 9.57. The van der Waals surface area contributed by atoms with Gasteiger partial charge in [0.2, 0.25) is 5.91 Å². The number of fused-ring (bicyclic) bond motifs is 1. The second-order valence-electron chi connectivity index (χ2n) is 8.18. The number of nitrogens with zero attached hydrogens (tertiary/aromatic N) is 4. The highest BCUT2D eigenvalue weighted by molar-refractivity contribution is 8.00. The smallest absolute Gasteiger partial charge is 0.232 e. The molecule has 1 atom stereocenters. The Morgan fingerprint density at radius 2 is 1.62 bits per heavy atom. The van der Waals surface area contributed by atoms with Crippen LogP contribution in [-0.2, 0) is 4.79 Å². The molecule has 0 radical (unpaired) electrons. The van der Waals surface area contributed by atoms with Crippen LogP contribution in [0.5, 0.6) is 0 Å². The Morgan fingerprint density at radius 1 is 0.938 bits per heavy atom. The van der Waals surface area contributed by atoms with Gasteiger partial charge in [-0.1, -0.05) is 66.7 Å². The van der Waals surface area contributed by atoms with E-state index in [2.05, 4.69) is 58.7 Å². The zero-order valence-corrected chi connectivity index (χ0v) is 18.7. The van der Waals surface area contributed by atoms with Crippen molar-refractivity contribution in [3.05, 3.63) is 102 Å². The molecule has 1 fully saturated rings. The van der Waals surface area contributed by atoms with E-state index in [4.69, 9.17) is 0 Å². The third-order valence-corrected chi connectivity index (χ3v) is 7.35. The minimum Gasteiger partial charge on any atom is -0.341 e. The molecule has 0 saturated carbocycles. The van der Waals surface area contributed by atoms with Crippen molar-refractivity contribution in [2.24, 2.45) is 0 Å². The number of rotatable bonds is 6. The molecule has 32 heavy (non-hydrogen) atoms. The first-order valence-electron chi connectivity index (χ1n) is 11.1. The molecule has 1 unspecified atom stereocenters. The van der Waals surface area contributed by atoms with Gasteiger partial charge in [0, 0.05) is 25.2 Å². The largest absolute Gasteiger partial charge is 0.341 e. The van der Waals surface area contributed by atoms with Gasteiger partial charge in [-0.3, -0.25) is 9.20 Å². The predicted molar refractivity (Wildman–Crippen MR) is 129 cm³/mol. The summed E-state index contributed by atoms with van der Waals surface area (Å²) in [6.45, 7) is 1.52. The highest BCUT2D eigenvalue weighted by Gasteiger charge is 2.28. The summed E-state index contributed by atoms with van der Waals surface area (Å²) in [6.07, 6.45) is 4.03. The van der Waals surface area contributed by atoms with Crippen LogP contribution in [0.25, 0.3) is 5.65 Å². The fourth-order valence-electron chi connectivity index (χ4n) is 4.44. The van der Waals surface area contributed by atoms with Gasteiger partial charge in [-0.15, -0.1) is 22.0 Å². The third kappa shape index (κ3) is 4.41. The standard InChI is InChI=1S/C26H26N4OS/c31-24(19-32-25(20-10-3-1-4-11-20)21-12-5-2-6-13-21)29-16-9-14-22(18-29)26-28-27-23-15-7-8-17-30(23)26/h1-8,10-13,15,17,22,25H,9,14,16,18-19H2. The molecule has 1 amide bonds. The molecule has 6 heteroatoms. The summed E-state index contributed by atoms with van der Waals surface area (Å²) in [4.78, 5) is 15.2. The lowest BCUT2D eigenvalue weighted by Gasteiger charge is -2.32. The van der Waals surface area contributed by atoms with Crippen LogP contribution in [0.1, 0.15) is 41.0 Å². The van der Waals surface area contributed by atoms with Gasteiger partial charge >= 0.3 is 0 Å². The summed E-state index contributed by atoms with van der Waals surface area (Å²) in [7, 11) is 0. The van der Waals surface area contributed by atoms with Crippen LogP contribution in [0, 0.1) is 0 Å². The summed E-state index contributed by atoms with van der Waals surface area (Å²) < 4.78 is 2.05. The summed E-state index contributed by atoms with van der Waals surface area (Å²) in [6, 6.07) is 26.8. The van der Waals surface area contributed by atoms with E-state index in [1.807, 2.05) is 45.8 Å². The predicted octanol–water partition coefficient (Wildman–Crippen LogP) is 4.96. The lowest BCUT2D eigenvalue weighted by atomic mass is 9.97. The lowest BCUT2D eigenvalue weighted by molar-refractivity contribution is -0.129. The average molecular weight is 443 g/mol. The Kier molecular flexibility index (Phi) is 6.21. The van der Waals surface area contributed by atoms with Crippen molar-refractivity contribution in [3.8, 4) is 0 Å². The molecule has 2 aromatic heterocycles. The Morgan fingerprint density at radius 3 is 2.34 bits per heavy atom. The van der Waals surface area contributed by atoms with Gasteiger partial charge in [0.25, 0.3) is 0 Å². The van der Waals surface area contributed by atoms with E-state index >= 15 is 0 Å². The van der Waals surface area contributed by atoms with E-state index < -0.39 is 0 Å². The molecule has 0 bridgehead atoms. The minimum atomic E-state index is 0.141. The summed E-state index contributed by atoms with van der Waals surface area (Å²) in [5.74, 6) is 1.83. The number of likely N-dealkylation sites (tertiary alicyclic amines) is 1. The monoisotopic (exact) mass is 442 g/mol. The molecule has 2 aromatic carbocycles. The molecule has 5 nitrogen and oxygen atoms in total. The molecule has 1 aliphatic rings. The van der Waals surface area contributed by atoms with Gasteiger partial charge in [-0.25, -0.2) is 0 Å². The number of carbonyl (C=O) groups is 1. The van der Waals surface area contributed by atoms with Crippen LogP contribution in [0.2, 0.25) is 0 Å². The number of aromatic nitrogens is 3. The van der Waals surface area contributed by atoms with Crippen LogP contribution in [-0.4, -0.2) is 44.2 Å². The molecule has 0 aliphatic carbocycles. The lowest BCUT2D eigenvalue weighted by Crippen LogP contribution is -2.40. The summed E-state index contributed by atoms with van der Waals surface area (Å²) in [5, 5.41) is 8.87. The number of piperidine rings is 1. The average Bonchev–Trinajstić information content (AvgIpc) is 3.30. The van der Waals surface area contributed by atoms with Crippen LogP contribution < -0.4 is 0 Å². The zero-order chi connectivity index (χ0) is 21.8. The second-order valence-corrected chi connectivity index (χ2v) is 9.27. The van der Waals surface area contributed by atoms with Crippen molar-refractivity contribution in [1.82, 2.24) is 19.5 Å². The van der Waals surface area contributed by atoms with E-state index in [0.717, 1.165) is 30.9 Å². The van der Waals surface area contributed by atoms with Crippen molar-refractivity contribution in [1.29, 1.82) is 0 Å². The number of benzene rings is 2. The molecular weight excluding hydrogens is 416 g/mol. The van der Waals surface area contributed by atoms with E-state index in [1.165, 1.54) is 11.1 Å². The maximum absolute atomic E-state index is 13.2. The van der Waals surface area contributed by atoms with Gasteiger partial charge in [0.1, 0.15) is 5.82 Å². The van der Waals surface area contributed by atoms with Gasteiger partial charge in [-0.2, -0.15) is 0 Å². The van der Waals surface area contributed by atoms with Crippen molar-refractivity contribution in [3.63, 3.8) is 0 Å². The molecule has 162 valence electrons. The van der Waals surface area contributed by atoms with Crippen molar-refractivity contribution in [2.75, 3.05) is 18.8 Å². The molecule has 0 N–H and O–H groups in total. The molecule has 4 aromatic rings. The normalized spacial score (nSPS) is 16.5. The fourth-order valence-corrected chi connectivity index (χ4v) is 5.63. The maximum Gasteiger partial charge on any atom is 0.232 e. The number of amides is 1. The first-order valence-corrected chi connectivity index (χ1v) is 12.1. The minimum absolute atomic E-state index is 0.141. The summed E-state index contributed by atoms with van der Waals surface area (Å²) >= 11 is 1.71. The van der Waals surface area contributed by atoms with Crippen molar-refractivity contribution >= 4 is 23.3 Å². The highest BCUT2D eigenvalue weighted by atomic mass is 32.2. The molecule has 1 aliphatic heterocycles. The molecule has 3 heterocycles. The quantitative estimate of drug-likeness (QED) is 0.424. The number of thioether (sulfide) groups is 1. The van der Waals surface area contributed by atoms with Crippen LogP contribution in [0.3, 0.4) is 0 Å². The Bertz CT molecular complexity index is 1140. The summed E-state index contributed by atoms with van der Waals surface area (Å²) in [5.41, 5.74) is 3.31. The van der Waals surface area contributed by atoms with Gasteiger partial charge in [0.05, 0.1) is 11.0 Å². The maximum atomic E-state index is 13.2. The SMILES string of the molecule is O=C(CSC(c1ccccc1)c1ccccc1)N1CCCC(c2nnc3ccccn23)C1. The van der Waals surface area contributed by atoms with Crippen molar-refractivity contribution < 1.29 is 4.79 Å². The Balaban J connectivity index is 1.28. The Hall–Kier alpha value is -3.12. The van der Waals surface area contributed by atoms with Crippen LogP contribution in [0.4, 0.5) is 0 Å². The third-order valence-electron chi connectivity index (χ3n) is 6.06. The number of carbonyl (C=O) groups excluding carboxylic acids is 1. The molecular formula is C26H26N4OS. The van der Waals surface area contributed by atoms with E-state index in [0.29, 0.717) is 12.3 Å². The Labute approximate surface area is 192 Å². The van der Waals surface area contributed by atoms with Crippen LogP contribution >= 0.6 is 11.8 Å². The van der Waals surface area contributed by atoms with E-state index in [9.17, 15) is 4.79 Å². The number of hydrogen-bond acceptors (Lipinski definition) is 4. The van der Waals surface area contributed by atoms with Crippen molar-refractivity contribution in [2.45, 2.75) is 24.0 Å². The van der Waals surface area contributed by atoms with Crippen LogP contribution in [0.15, 0.2) is 85.1 Å². The highest BCUT2D eigenvalue weighted by Crippen LogP contribution is 2.36. The number of hydrogen-bond donors (Lipinski definition) is 0. The number of pyridine rings is 1. The molecule has 1 saturated heterocycles. The topological polar surface area (TPSA) is 50.5 Å². The van der Waals surface area contributed by atoms with Gasteiger partial charge < -0.3 is 4.90 Å².